The quantitative estimate of drug-likeness (QED) is 0.212. The molecule has 0 aromatic carbocycles. The van der Waals surface area contributed by atoms with Gasteiger partial charge in [0.15, 0.2) is 0 Å². The first-order valence-corrected chi connectivity index (χ1v) is 11.8. The Hall–Kier alpha value is -0.530. The van der Waals surface area contributed by atoms with Crippen LogP contribution >= 0.6 is 0 Å². The van der Waals surface area contributed by atoms with Crippen LogP contribution in [-0.2, 0) is 9.90 Å². The first kappa shape index (κ1) is 25.5. The van der Waals surface area contributed by atoms with Crippen molar-refractivity contribution < 1.29 is 9.90 Å². The molecule has 0 aromatic heterocycles. The third-order valence-corrected chi connectivity index (χ3v) is 6.36. The summed E-state index contributed by atoms with van der Waals surface area (Å²) in [5.41, 5.74) is -0.0373. The highest BCUT2D eigenvalue weighted by Crippen LogP contribution is 2.44. The molecule has 1 atom stereocenters. The molecule has 0 aliphatic heterocycles. The van der Waals surface area contributed by atoms with Crippen molar-refractivity contribution in [2.24, 2.45) is 11.3 Å². The molecule has 0 bridgehead atoms. The van der Waals surface area contributed by atoms with E-state index >= 15 is 0 Å². The van der Waals surface area contributed by atoms with Crippen LogP contribution in [0.5, 0.6) is 0 Å². The molecular formula is C24H47O2. The first-order valence-electron chi connectivity index (χ1n) is 11.8. The molecule has 0 saturated carbocycles. The van der Waals surface area contributed by atoms with E-state index in [4.69, 9.17) is 0 Å². The monoisotopic (exact) mass is 367 g/mol. The van der Waals surface area contributed by atoms with Crippen LogP contribution in [0.25, 0.3) is 0 Å². The Bertz CT molecular complexity index is 308. The van der Waals surface area contributed by atoms with Gasteiger partial charge in [-0.15, -0.1) is 0 Å². The van der Waals surface area contributed by atoms with Gasteiger partial charge in [0.25, 0.3) is 0 Å². The topological polar surface area (TPSA) is 37.0 Å². The first-order chi connectivity index (χ1) is 12.6. The van der Waals surface area contributed by atoms with E-state index in [0.717, 1.165) is 32.1 Å². The Balaban J connectivity index is 4.71. The third kappa shape index (κ3) is 10.6. The SMILES string of the molecule is CCCCCCCCC(CC)(CCCCCCCC)C(CCC)C([O])=O. The van der Waals surface area contributed by atoms with Crippen molar-refractivity contribution in [3.8, 4) is 0 Å². The second kappa shape index (κ2) is 16.6. The maximum Gasteiger partial charge on any atom is 0.359 e. The summed E-state index contributed by atoms with van der Waals surface area (Å²) in [5, 5.41) is 11.9. The van der Waals surface area contributed by atoms with Gasteiger partial charge in [0.05, 0.1) is 5.92 Å². The average Bonchev–Trinajstić information content (AvgIpc) is 2.64. The van der Waals surface area contributed by atoms with Gasteiger partial charge in [-0.2, -0.15) is 0 Å². The molecule has 0 saturated heterocycles. The van der Waals surface area contributed by atoms with Crippen LogP contribution in [0.4, 0.5) is 0 Å². The molecule has 0 amide bonds. The summed E-state index contributed by atoms with van der Waals surface area (Å²) in [4.78, 5) is 11.9. The van der Waals surface area contributed by atoms with Crippen molar-refractivity contribution in [3.05, 3.63) is 0 Å². The van der Waals surface area contributed by atoms with Crippen molar-refractivity contribution in [2.75, 3.05) is 0 Å². The maximum atomic E-state index is 11.9. The Morgan fingerprint density at radius 3 is 1.42 bits per heavy atom. The van der Waals surface area contributed by atoms with Crippen LogP contribution in [0.2, 0.25) is 0 Å². The van der Waals surface area contributed by atoms with E-state index in [9.17, 15) is 9.90 Å². The summed E-state index contributed by atoms with van der Waals surface area (Å²) in [6.45, 7) is 8.81. The molecule has 0 heterocycles. The lowest BCUT2D eigenvalue weighted by Crippen LogP contribution is -2.35. The fraction of sp³-hybridized carbons (Fsp3) is 0.958. The molecule has 2 nitrogen and oxygen atoms in total. The summed E-state index contributed by atoms with van der Waals surface area (Å²) in [5.74, 6) is -1.06. The molecule has 1 unspecified atom stereocenters. The molecule has 0 rings (SSSR count). The van der Waals surface area contributed by atoms with Gasteiger partial charge in [0, 0.05) is 0 Å². The zero-order chi connectivity index (χ0) is 19.7. The Kier molecular flexibility index (Phi) is 16.3. The van der Waals surface area contributed by atoms with Gasteiger partial charge in [-0.05, 0) is 31.1 Å². The van der Waals surface area contributed by atoms with E-state index in [0.29, 0.717) is 0 Å². The standard InChI is InChI=1S/C24H47O2/c1-5-9-11-13-15-17-20-24(8-4,22(19-7-3)23(25)26)21-18-16-14-12-10-6-2/h22H,5-21H2,1-4H3. The smallest absolute Gasteiger partial charge is 0.247 e. The Morgan fingerprint density at radius 1 is 0.654 bits per heavy atom. The molecular weight excluding hydrogens is 320 g/mol. The second-order valence-electron chi connectivity index (χ2n) is 8.41. The maximum absolute atomic E-state index is 11.9. The van der Waals surface area contributed by atoms with Crippen LogP contribution in [0.1, 0.15) is 137 Å². The van der Waals surface area contributed by atoms with Crippen LogP contribution in [0.15, 0.2) is 0 Å². The molecule has 2 heteroatoms. The van der Waals surface area contributed by atoms with E-state index in [1.165, 1.54) is 77.0 Å². The predicted molar refractivity (Wildman–Crippen MR) is 113 cm³/mol. The molecule has 0 spiro atoms. The molecule has 0 fully saturated rings. The van der Waals surface area contributed by atoms with E-state index in [1.54, 1.807) is 0 Å². The van der Waals surface area contributed by atoms with E-state index in [-0.39, 0.29) is 11.3 Å². The van der Waals surface area contributed by atoms with Gasteiger partial charge in [0.1, 0.15) is 0 Å². The lowest BCUT2D eigenvalue weighted by molar-refractivity contribution is -0.154. The molecule has 0 aliphatic carbocycles. The molecule has 1 radical (unpaired) electrons. The zero-order valence-corrected chi connectivity index (χ0v) is 18.4. The highest BCUT2D eigenvalue weighted by Gasteiger charge is 2.40. The van der Waals surface area contributed by atoms with Crippen molar-refractivity contribution in [2.45, 2.75) is 137 Å². The number of hydrogen-bond donors (Lipinski definition) is 0. The summed E-state index contributed by atoms with van der Waals surface area (Å²) in [6.07, 6.45) is 20.2. The van der Waals surface area contributed by atoms with E-state index in [1.807, 2.05) is 0 Å². The predicted octanol–water partition coefficient (Wildman–Crippen LogP) is 8.26. The van der Waals surface area contributed by atoms with Gasteiger partial charge in [0.2, 0.25) is 0 Å². The molecule has 26 heavy (non-hydrogen) atoms. The van der Waals surface area contributed by atoms with Crippen molar-refractivity contribution >= 4 is 5.97 Å². The van der Waals surface area contributed by atoms with Crippen molar-refractivity contribution in [1.82, 2.24) is 0 Å². The summed E-state index contributed by atoms with van der Waals surface area (Å²) < 4.78 is 0. The number of unbranched alkanes of at least 4 members (excludes halogenated alkanes) is 10. The highest BCUT2D eigenvalue weighted by atomic mass is 16.4. The average molecular weight is 368 g/mol. The van der Waals surface area contributed by atoms with Crippen LogP contribution < -0.4 is 0 Å². The summed E-state index contributed by atoms with van der Waals surface area (Å²) in [6, 6.07) is 0. The van der Waals surface area contributed by atoms with E-state index < -0.39 is 5.97 Å². The minimum absolute atomic E-state index is 0.0373. The Morgan fingerprint density at radius 2 is 1.08 bits per heavy atom. The fourth-order valence-electron chi connectivity index (χ4n) is 4.55. The zero-order valence-electron chi connectivity index (χ0n) is 18.4. The van der Waals surface area contributed by atoms with Crippen molar-refractivity contribution in [1.29, 1.82) is 0 Å². The lowest BCUT2D eigenvalue weighted by Gasteiger charge is -2.38. The minimum Gasteiger partial charge on any atom is -0.247 e. The van der Waals surface area contributed by atoms with Crippen LogP contribution in [-0.4, -0.2) is 5.97 Å². The van der Waals surface area contributed by atoms with Gasteiger partial charge >= 0.3 is 5.97 Å². The normalized spacial score (nSPS) is 13.1. The highest BCUT2D eigenvalue weighted by molar-refractivity contribution is 5.70. The fourth-order valence-corrected chi connectivity index (χ4v) is 4.55. The second-order valence-corrected chi connectivity index (χ2v) is 8.41. The lowest BCUT2D eigenvalue weighted by atomic mass is 9.65. The number of carbonyl (C=O) groups excluding carboxylic acids is 1. The van der Waals surface area contributed by atoms with Gasteiger partial charge in [-0.1, -0.05) is 111 Å². The third-order valence-electron chi connectivity index (χ3n) is 6.36. The molecule has 0 aromatic rings. The van der Waals surface area contributed by atoms with Gasteiger partial charge < -0.3 is 0 Å². The number of rotatable bonds is 19. The molecule has 0 N–H and O–H groups in total. The van der Waals surface area contributed by atoms with E-state index in [2.05, 4.69) is 27.7 Å². The van der Waals surface area contributed by atoms with Crippen molar-refractivity contribution in [3.63, 3.8) is 0 Å². The van der Waals surface area contributed by atoms with Crippen LogP contribution in [0.3, 0.4) is 0 Å². The molecule has 155 valence electrons. The summed E-state index contributed by atoms with van der Waals surface area (Å²) in [7, 11) is 0. The Labute approximate surface area is 164 Å². The molecule has 0 aliphatic rings. The number of carbonyl (C=O) groups is 1. The van der Waals surface area contributed by atoms with Gasteiger partial charge in [-0.3, -0.25) is 0 Å². The van der Waals surface area contributed by atoms with Gasteiger partial charge in [-0.25, -0.2) is 9.90 Å². The van der Waals surface area contributed by atoms with Crippen LogP contribution in [0, 0.1) is 11.3 Å². The largest absolute Gasteiger partial charge is 0.359 e. The minimum atomic E-state index is -0.800. The summed E-state index contributed by atoms with van der Waals surface area (Å²) >= 11 is 0. The number of hydrogen-bond acceptors (Lipinski definition) is 1.